The zero-order valence-corrected chi connectivity index (χ0v) is 9.36. The number of halogens is 1. The standard InChI is InChI=1S/C13H18FNO/c14-12-6-4-10(5-7-12)9-16-13-3-1-2-11(13)8-15/h4-7,11,13H,1-3,8-9,15H2. The summed E-state index contributed by atoms with van der Waals surface area (Å²) in [4.78, 5) is 0. The molecule has 88 valence electrons. The lowest BCUT2D eigenvalue weighted by molar-refractivity contribution is 0.0182. The van der Waals surface area contributed by atoms with E-state index in [1.54, 1.807) is 12.1 Å². The number of hydrogen-bond acceptors (Lipinski definition) is 2. The molecule has 0 aromatic heterocycles. The second-order valence-corrected chi connectivity index (χ2v) is 4.40. The van der Waals surface area contributed by atoms with Crippen molar-refractivity contribution >= 4 is 0 Å². The molecule has 1 aliphatic rings. The fourth-order valence-electron chi connectivity index (χ4n) is 2.28. The summed E-state index contributed by atoms with van der Waals surface area (Å²) in [6.45, 7) is 1.26. The summed E-state index contributed by atoms with van der Waals surface area (Å²) in [6.07, 6.45) is 3.76. The van der Waals surface area contributed by atoms with E-state index in [4.69, 9.17) is 10.5 Å². The van der Waals surface area contributed by atoms with Crippen molar-refractivity contribution in [2.75, 3.05) is 6.54 Å². The van der Waals surface area contributed by atoms with Crippen LogP contribution in [0.1, 0.15) is 24.8 Å². The lowest BCUT2D eigenvalue weighted by atomic mass is 10.1. The molecule has 1 aliphatic carbocycles. The van der Waals surface area contributed by atoms with Crippen molar-refractivity contribution in [3.05, 3.63) is 35.6 Å². The van der Waals surface area contributed by atoms with Crippen molar-refractivity contribution in [2.45, 2.75) is 32.0 Å². The van der Waals surface area contributed by atoms with E-state index >= 15 is 0 Å². The fourth-order valence-corrected chi connectivity index (χ4v) is 2.28. The third kappa shape index (κ3) is 2.80. The van der Waals surface area contributed by atoms with E-state index in [0.29, 0.717) is 19.1 Å². The van der Waals surface area contributed by atoms with Crippen LogP contribution in [0.3, 0.4) is 0 Å². The van der Waals surface area contributed by atoms with Crippen molar-refractivity contribution in [3.8, 4) is 0 Å². The van der Waals surface area contributed by atoms with Gasteiger partial charge in [-0.05, 0) is 43.0 Å². The molecule has 0 aliphatic heterocycles. The highest BCUT2D eigenvalue weighted by molar-refractivity contribution is 5.15. The molecule has 0 saturated heterocycles. The minimum atomic E-state index is -0.204. The molecular formula is C13H18FNO. The molecule has 16 heavy (non-hydrogen) atoms. The zero-order chi connectivity index (χ0) is 11.4. The van der Waals surface area contributed by atoms with Crippen LogP contribution in [0.4, 0.5) is 4.39 Å². The molecule has 2 atom stereocenters. The average Bonchev–Trinajstić information content (AvgIpc) is 2.76. The second kappa shape index (κ2) is 5.41. The van der Waals surface area contributed by atoms with Gasteiger partial charge >= 0.3 is 0 Å². The van der Waals surface area contributed by atoms with E-state index < -0.39 is 0 Å². The van der Waals surface area contributed by atoms with Crippen LogP contribution in [-0.2, 0) is 11.3 Å². The van der Waals surface area contributed by atoms with Crippen LogP contribution >= 0.6 is 0 Å². The van der Waals surface area contributed by atoms with Gasteiger partial charge in [0.1, 0.15) is 5.82 Å². The lowest BCUT2D eigenvalue weighted by Gasteiger charge is -2.18. The average molecular weight is 223 g/mol. The Bertz CT molecular complexity index is 325. The second-order valence-electron chi connectivity index (χ2n) is 4.40. The van der Waals surface area contributed by atoms with E-state index in [2.05, 4.69) is 0 Å². The Labute approximate surface area is 95.6 Å². The predicted octanol–water partition coefficient (Wildman–Crippen LogP) is 2.47. The number of hydrogen-bond donors (Lipinski definition) is 1. The third-order valence-electron chi connectivity index (χ3n) is 3.27. The largest absolute Gasteiger partial charge is 0.373 e. The molecule has 2 unspecified atom stereocenters. The van der Waals surface area contributed by atoms with Gasteiger partial charge in [0, 0.05) is 0 Å². The molecule has 0 radical (unpaired) electrons. The quantitative estimate of drug-likeness (QED) is 0.851. The fraction of sp³-hybridized carbons (Fsp3) is 0.538. The summed E-state index contributed by atoms with van der Waals surface area (Å²) in [5, 5.41) is 0. The molecule has 0 bridgehead atoms. The number of benzene rings is 1. The van der Waals surface area contributed by atoms with Gasteiger partial charge in [-0.25, -0.2) is 4.39 Å². The van der Waals surface area contributed by atoms with E-state index in [9.17, 15) is 4.39 Å². The van der Waals surface area contributed by atoms with E-state index in [-0.39, 0.29) is 11.9 Å². The normalized spacial score (nSPS) is 24.9. The van der Waals surface area contributed by atoms with Crippen LogP contribution in [0.25, 0.3) is 0 Å². The number of rotatable bonds is 4. The highest BCUT2D eigenvalue weighted by Crippen LogP contribution is 2.28. The van der Waals surface area contributed by atoms with Crippen molar-refractivity contribution in [3.63, 3.8) is 0 Å². The Morgan fingerprint density at radius 1 is 1.25 bits per heavy atom. The lowest BCUT2D eigenvalue weighted by Crippen LogP contribution is -2.25. The maximum atomic E-state index is 12.7. The van der Waals surface area contributed by atoms with Crippen LogP contribution in [0.15, 0.2) is 24.3 Å². The van der Waals surface area contributed by atoms with E-state index in [1.165, 1.54) is 25.0 Å². The predicted molar refractivity (Wildman–Crippen MR) is 61.4 cm³/mol. The van der Waals surface area contributed by atoms with Gasteiger partial charge in [-0.2, -0.15) is 0 Å². The molecule has 3 heteroatoms. The molecule has 2 N–H and O–H groups in total. The Hall–Kier alpha value is -0.930. The molecule has 2 rings (SSSR count). The SMILES string of the molecule is NCC1CCCC1OCc1ccc(F)cc1. The molecule has 0 amide bonds. The van der Waals surface area contributed by atoms with Crippen molar-refractivity contribution in [1.29, 1.82) is 0 Å². The zero-order valence-electron chi connectivity index (χ0n) is 9.36. The van der Waals surface area contributed by atoms with E-state index in [0.717, 1.165) is 12.0 Å². The van der Waals surface area contributed by atoms with Gasteiger partial charge in [0.2, 0.25) is 0 Å². The van der Waals surface area contributed by atoms with Gasteiger partial charge < -0.3 is 10.5 Å². The van der Waals surface area contributed by atoms with Crippen molar-refractivity contribution in [1.82, 2.24) is 0 Å². The van der Waals surface area contributed by atoms with Crippen LogP contribution in [0.2, 0.25) is 0 Å². The van der Waals surface area contributed by atoms with Crippen molar-refractivity contribution in [2.24, 2.45) is 11.7 Å². The molecule has 0 heterocycles. The van der Waals surface area contributed by atoms with Gasteiger partial charge in [-0.1, -0.05) is 18.6 Å². The molecule has 0 spiro atoms. The van der Waals surface area contributed by atoms with Gasteiger partial charge in [0.15, 0.2) is 0 Å². The molecule has 1 fully saturated rings. The van der Waals surface area contributed by atoms with Crippen LogP contribution in [-0.4, -0.2) is 12.6 Å². The molecule has 1 aromatic rings. The van der Waals surface area contributed by atoms with Crippen LogP contribution in [0.5, 0.6) is 0 Å². The summed E-state index contributed by atoms with van der Waals surface area (Å²) in [5.41, 5.74) is 6.70. The Kier molecular flexibility index (Phi) is 3.91. The first-order chi connectivity index (χ1) is 7.79. The van der Waals surface area contributed by atoms with Gasteiger partial charge in [0.25, 0.3) is 0 Å². The first kappa shape index (κ1) is 11.6. The summed E-state index contributed by atoms with van der Waals surface area (Å²) < 4.78 is 18.5. The summed E-state index contributed by atoms with van der Waals surface area (Å²) in [5.74, 6) is 0.296. The summed E-state index contributed by atoms with van der Waals surface area (Å²) >= 11 is 0. The Morgan fingerprint density at radius 2 is 2.00 bits per heavy atom. The molecule has 2 nitrogen and oxygen atoms in total. The van der Waals surface area contributed by atoms with Gasteiger partial charge in [-0.3, -0.25) is 0 Å². The topological polar surface area (TPSA) is 35.2 Å². The monoisotopic (exact) mass is 223 g/mol. The first-order valence-electron chi connectivity index (χ1n) is 5.85. The van der Waals surface area contributed by atoms with Gasteiger partial charge in [0.05, 0.1) is 12.7 Å². The highest BCUT2D eigenvalue weighted by Gasteiger charge is 2.26. The maximum Gasteiger partial charge on any atom is 0.123 e. The minimum Gasteiger partial charge on any atom is -0.373 e. The number of ether oxygens (including phenoxy) is 1. The maximum absolute atomic E-state index is 12.7. The first-order valence-corrected chi connectivity index (χ1v) is 5.85. The van der Waals surface area contributed by atoms with Crippen molar-refractivity contribution < 1.29 is 9.13 Å². The summed E-state index contributed by atoms with van der Waals surface area (Å²) in [7, 11) is 0. The molecule has 1 saturated carbocycles. The van der Waals surface area contributed by atoms with Crippen LogP contribution < -0.4 is 5.73 Å². The Morgan fingerprint density at radius 3 is 2.69 bits per heavy atom. The summed E-state index contributed by atoms with van der Waals surface area (Å²) in [6, 6.07) is 6.46. The van der Waals surface area contributed by atoms with E-state index in [1.807, 2.05) is 0 Å². The smallest absolute Gasteiger partial charge is 0.123 e. The van der Waals surface area contributed by atoms with Gasteiger partial charge in [-0.15, -0.1) is 0 Å². The number of nitrogens with two attached hydrogens (primary N) is 1. The Balaban J connectivity index is 1.85. The molecule has 1 aromatic carbocycles. The third-order valence-corrected chi connectivity index (χ3v) is 3.27. The minimum absolute atomic E-state index is 0.204. The highest BCUT2D eigenvalue weighted by atomic mass is 19.1. The van der Waals surface area contributed by atoms with Crippen LogP contribution in [0, 0.1) is 11.7 Å². The molecular weight excluding hydrogens is 205 g/mol.